The Morgan fingerprint density at radius 1 is 1.41 bits per heavy atom. The van der Waals surface area contributed by atoms with E-state index < -0.39 is 11.6 Å². The van der Waals surface area contributed by atoms with Gasteiger partial charge in [-0.2, -0.15) is 0 Å². The summed E-state index contributed by atoms with van der Waals surface area (Å²) < 4.78 is 5.69. The van der Waals surface area contributed by atoms with Crippen molar-refractivity contribution < 1.29 is 19.4 Å². The van der Waals surface area contributed by atoms with E-state index in [1.165, 1.54) is 4.90 Å². The molecule has 0 aliphatic carbocycles. The maximum atomic E-state index is 12.3. The summed E-state index contributed by atoms with van der Waals surface area (Å²) in [5, 5.41) is 9.05. The lowest BCUT2D eigenvalue weighted by molar-refractivity contribution is -0.165. The molecule has 120 valence electrons. The van der Waals surface area contributed by atoms with E-state index in [1.807, 2.05) is 6.07 Å². The van der Waals surface area contributed by atoms with Crippen molar-refractivity contribution in [3.63, 3.8) is 0 Å². The van der Waals surface area contributed by atoms with Crippen LogP contribution in [0.15, 0.2) is 24.3 Å². The molecule has 0 spiro atoms. The molecule has 0 radical (unpaired) electrons. The third kappa shape index (κ3) is 3.64. The molecular weight excluding hydrogens is 284 g/mol. The predicted octanol–water partition coefficient (Wildman–Crippen LogP) is 1.06. The topological polar surface area (TPSA) is 70.1 Å². The molecular formula is C16H22N2O4. The molecule has 6 heteroatoms. The molecule has 1 aliphatic heterocycles. The van der Waals surface area contributed by atoms with Gasteiger partial charge in [0.05, 0.1) is 12.2 Å². The molecule has 22 heavy (non-hydrogen) atoms. The summed E-state index contributed by atoms with van der Waals surface area (Å²) in [5.41, 5.74) is 0.339. The lowest BCUT2D eigenvalue weighted by Gasteiger charge is -2.40. The molecule has 1 aromatic rings. The smallest absolute Gasteiger partial charge is 0.335 e. The zero-order chi connectivity index (χ0) is 16.3. The molecule has 1 atom stereocenters. The molecule has 1 unspecified atom stereocenters. The Morgan fingerprint density at radius 2 is 2.14 bits per heavy atom. The van der Waals surface area contributed by atoms with Crippen molar-refractivity contribution in [1.82, 2.24) is 9.80 Å². The number of carbonyl (C=O) groups excluding carboxylic acids is 1. The van der Waals surface area contributed by atoms with Crippen molar-refractivity contribution in [1.29, 1.82) is 0 Å². The van der Waals surface area contributed by atoms with Crippen LogP contribution in [0, 0.1) is 0 Å². The van der Waals surface area contributed by atoms with Crippen molar-refractivity contribution in [2.45, 2.75) is 19.1 Å². The molecule has 1 fully saturated rings. The second-order valence-electron chi connectivity index (χ2n) is 6.00. The van der Waals surface area contributed by atoms with Gasteiger partial charge in [0.1, 0.15) is 0 Å². The van der Waals surface area contributed by atoms with Gasteiger partial charge in [-0.05, 0) is 24.6 Å². The van der Waals surface area contributed by atoms with E-state index in [2.05, 4.69) is 4.90 Å². The lowest BCUT2D eigenvalue weighted by Crippen LogP contribution is -2.57. The van der Waals surface area contributed by atoms with Gasteiger partial charge in [0.25, 0.3) is 5.91 Å². The van der Waals surface area contributed by atoms with Crippen LogP contribution in [0.2, 0.25) is 0 Å². The molecule has 1 N–H and O–H groups in total. The predicted molar refractivity (Wildman–Crippen MR) is 81.7 cm³/mol. The number of amides is 1. The van der Waals surface area contributed by atoms with Crippen LogP contribution in [0.25, 0.3) is 0 Å². The quantitative estimate of drug-likeness (QED) is 0.901. The third-order valence-corrected chi connectivity index (χ3v) is 3.79. The largest absolute Gasteiger partial charge is 0.478 e. The summed E-state index contributed by atoms with van der Waals surface area (Å²) in [6, 6.07) is 6.88. The fourth-order valence-electron chi connectivity index (χ4n) is 2.75. The van der Waals surface area contributed by atoms with Crippen LogP contribution in [0.4, 0.5) is 0 Å². The van der Waals surface area contributed by atoms with Crippen LogP contribution >= 0.6 is 0 Å². The number of carboxylic acids is 1. The molecule has 0 bridgehead atoms. The van der Waals surface area contributed by atoms with Crippen LogP contribution in [0.5, 0.6) is 0 Å². The summed E-state index contributed by atoms with van der Waals surface area (Å²) in [6.45, 7) is 4.08. The number of likely N-dealkylation sites (N-methyl/N-ethyl adjacent to an activating group) is 1. The van der Waals surface area contributed by atoms with Crippen LogP contribution < -0.4 is 0 Å². The average molecular weight is 306 g/mol. The number of carboxylic acid groups (broad SMARTS) is 1. The first-order chi connectivity index (χ1) is 10.3. The summed E-state index contributed by atoms with van der Waals surface area (Å²) >= 11 is 0. The molecule has 2 rings (SSSR count). The SMILES string of the molecule is CN(C)C(=O)C1(C)CN(Cc2cccc(C(=O)O)c2)CCO1. The molecule has 0 aromatic heterocycles. The maximum absolute atomic E-state index is 12.3. The number of hydrogen-bond acceptors (Lipinski definition) is 4. The van der Waals surface area contributed by atoms with E-state index in [9.17, 15) is 9.59 Å². The fourth-order valence-corrected chi connectivity index (χ4v) is 2.75. The number of aromatic carboxylic acids is 1. The van der Waals surface area contributed by atoms with Gasteiger partial charge in [-0.1, -0.05) is 12.1 Å². The normalized spacial score (nSPS) is 22.3. The van der Waals surface area contributed by atoms with Gasteiger partial charge in [-0.15, -0.1) is 0 Å². The Kier molecular flexibility index (Phi) is 4.83. The molecule has 0 saturated carbocycles. The van der Waals surface area contributed by atoms with Crippen molar-refractivity contribution in [3.8, 4) is 0 Å². The highest BCUT2D eigenvalue weighted by Gasteiger charge is 2.40. The van der Waals surface area contributed by atoms with E-state index in [0.29, 0.717) is 26.2 Å². The summed E-state index contributed by atoms with van der Waals surface area (Å²) in [5.74, 6) is -0.993. The second-order valence-corrected chi connectivity index (χ2v) is 6.00. The molecule has 6 nitrogen and oxygen atoms in total. The first-order valence-electron chi connectivity index (χ1n) is 7.22. The van der Waals surface area contributed by atoms with Gasteiger partial charge in [-0.25, -0.2) is 4.79 Å². The average Bonchev–Trinajstić information content (AvgIpc) is 2.46. The Labute approximate surface area is 130 Å². The van der Waals surface area contributed by atoms with Crippen LogP contribution in [0.1, 0.15) is 22.8 Å². The van der Waals surface area contributed by atoms with Crippen LogP contribution in [-0.4, -0.2) is 66.2 Å². The monoisotopic (exact) mass is 306 g/mol. The number of hydrogen-bond donors (Lipinski definition) is 1. The zero-order valence-electron chi connectivity index (χ0n) is 13.2. The van der Waals surface area contributed by atoms with Crippen LogP contribution in [0.3, 0.4) is 0 Å². The summed E-state index contributed by atoms with van der Waals surface area (Å²) in [7, 11) is 3.43. The lowest BCUT2D eigenvalue weighted by atomic mass is 10.0. The van der Waals surface area contributed by atoms with E-state index in [4.69, 9.17) is 9.84 Å². The van der Waals surface area contributed by atoms with Crippen molar-refractivity contribution in [3.05, 3.63) is 35.4 Å². The molecule has 1 heterocycles. The first kappa shape index (κ1) is 16.5. The Balaban J connectivity index is 2.09. The van der Waals surface area contributed by atoms with Gasteiger partial charge in [0, 0.05) is 33.7 Å². The highest BCUT2D eigenvalue weighted by molar-refractivity contribution is 5.87. The highest BCUT2D eigenvalue weighted by Crippen LogP contribution is 2.21. The van der Waals surface area contributed by atoms with Crippen molar-refractivity contribution in [2.24, 2.45) is 0 Å². The van der Waals surface area contributed by atoms with E-state index in [-0.39, 0.29) is 11.5 Å². The summed E-state index contributed by atoms with van der Waals surface area (Å²) in [6.07, 6.45) is 0. The Bertz CT molecular complexity index is 573. The van der Waals surface area contributed by atoms with Gasteiger partial charge in [-0.3, -0.25) is 9.69 Å². The second kappa shape index (κ2) is 6.46. The Hall–Kier alpha value is -1.92. The van der Waals surface area contributed by atoms with E-state index >= 15 is 0 Å². The first-order valence-corrected chi connectivity index (χ1v) is 7.22. The number of nitrogens with zero attached hydrogens (tertiary/aromatic N) is 2. The molecule has 1 amide bonds. The third-order valence-electron chi connectivity index (χ3n) is 3.79. The maximum Gasteiger partial charge on any atom is 0.335 e. The fraction of sp³-hybridized carbons (Fsp3) is 0.500. The number of ether oxygens (including phenoxy) is 1. The van der Waals surface area contributed by atoms with Gasteiger partial charge < -0.3 is 14.7 Å². The van der Waals surface area contributed by atoms with Crippen LogP contribution in [-0.2, 0) is 16.1 Å². The van der Waals surface area contributed by atoms with Gasteiger partial charge >= 0.3 is 5.97 Å². The van der Waals surface area contributed by atoms with Gasteiger partial charge in [0.15, 0.2) is 5.60 Å². The summed E-state index contributed by atoms with van der Waals surface area (Å²) in [4.78, 5) is 26.9. The van der Waals surface area contributed by atoms with Gasteiger partial charge in [0.2, 0.25) is 0 Å². The minimum absolute atomic E-state index is 0.0588. The number of morpholine rings is 1. The van der Waals surface area contributed by atoms with Crippen molar-refractivity contribution >= 4 is 11.9 Å². The molecule has 1 aromatic carbocycles. The van der Waals surface area contributed by atoms with E-state index in [0.717, 1.165) is 5.56 Å². The highest BCUT2D eigenvalue weighted by atomic mass is 16.5. The minimum atomic E-state index is -0.934. The minimum Gasteiger partial charge on any atom is -0.478 e. The number of benzene rings is 1. The zero-order valence-corrected chi connectivity index (χ0v) is 13.2. The molecule has 1 aliphatic rings. The number of rotatable bonds is 4. The number of carbonyl (C=O) groups is 2. The van der Waals surface area contributed by atoms with E-state index in [1.54, 1.807) is 39.2 Å². The Morgan fingerprint density at radius 3 is 2.77 bits per heavy atom. The molecule has 1 saturated heterocycles. The standard InChI is InChI=1S/C16H22N2O4/c1-16(15(21)17(2)3)11-18(7-8-22-16)10-12-5-4-6-13(9-12)14(19)20/h4-6,9H,7-8,10-11H2,1-3H3,(H,19,20). The van der Waals surface area contributed by atoms with Crippen molar-refractivity contribution in [2.75, 3.05) is 33.8 Å².